The Kier molecular flexibility index (Phi) is 6.44. The second kappa shape index (κ2) is 9.19. The van der Waals surface area contributed by atoms with Crippen LogP contribution < -0.4 is 9.64 Å². The molecule has 1 heterocycles. The summed E-state index contributed by atoms with van der Waals surface area (Å²) in [5.74, 6) is 1.40. The summed E-state index contributed by atoms with van der Waals surface area (Å²) in [6, 6.07) is 16.8. The van der Waals surface area contributed by atoms with Gasteiger partial charge in [0.05, 0.1) is 13.2 Å². The maximum atomic E-state index is 12.3. The number of hydrogen-bond acceptors (Lipinski definition) is 4. The number of amides is 2. The number of morpholine rings is 1. The Bertz CT molecular complexity index is 756. The van der Waals surface area contributed by atoms with E-state index in [-0.39, 0.29) is 11.8 Å². The van der Waals surface area contributed by atoms with Crippen molar-refractivity contribution in [2.24, 2.45) is 0 Å². The number of benzene rings is 2. The highest BCUT2D eigenvalue weighted by molar-refractivity contribution is 5.92. The largest absolute Gasteiger partial charge is 0.457 e. The lowest BCUT2D eigenvalue weighted by molar-refractivity contribution is -0.135. The third-order valence-electron chi connectivity index (χ3n) is 4.42. The SMILES string of the molecule is CC(=O)N(CCC(=O)N1CCOCC1)c1ccc(Oc2ccccc2)cc1. The molecule has 6 heteroatoms. The van der Waals surface area contributed by atoms with Crippen LogP contribution in [0.3, 0.4) is 0 Å². The van der Waals surface area contributed by atoms with Crippen LogP contribution in [0.5, 0.6) is 11.5 Å². The minimum Gasteiger partial charge on any atom is -0.457 e. The number of carbonyl (C=O) groups excluding carboxylic acids is 2. The fourth-order valence-electron chi connectivity index (χ4n) is 2.97. The average molecular weight is 368 g/mol. The van der Waals surface area contributed by atoms with Crippen LogP contribution >= 0.6 is 0 Å². The lowest BCUT2D eigenvalue weighted by atomic mass is 10.2. The van der Waals surface area contributed by atoms with E-state index in [4.69, 9.17) is 9.47 Å². The Labute approximate surface area is 159 Å². The molecule has 27 heavy (non-hydrogen) atoms. The van der Waals surface area contributed by atoms with Gasteiger partial charge in [0.1, 0.15) is 11.5 Å². The van der Waals surface area contributed by atoms with Gasteiger partial charge in [-0.3, -0.25) is 9.59 Å². The lowest BCUT2D eigenvalue weighted by Crippen LogP contribution is -2.42. The van der Waals surface area contributed by atoms with Crippen molar-refractivity contribution in [2.45, 2.75) is 13.3 Å². The molecule has 0 aromatic heterocycles. The Morgan fingerprint density at radius 2 is 1.63 bits per heavy atom. The molecule has 0 bridgehead atoms. The molecule has 2 amide bonds. The molecule has 1 aliphatic rings. The Morgan fingerprint density at radius 3 is 2.26 bits per heavy atom. The van der Waals surface area contributed by atoms with Crippen LogP contribution in [0.4, 0.5) is 5.69 Å². The van der Waals surface area contributed by atoms with Crippen LogP contribution in [0, 0.1) is 0 Å². The molecule has 1 saturated heterocycles. The van der Waals surface area contributed by atoms with Gasteiger partial charge in [-0.25, -0.2) is 0 Å². The number of anilines is 1. The Balaban J connectivity index is 1.60. The van der Waals surface area contributed by atoms with Crippen LogP contribution in [-0.2, 0) is 14.3 Å². The van der Waals surface area contributed by atoms with E-state index in [1.807, 2.05) is 54.6 Å². The molecule has 0 saturated carbocycles. The number of para-hydroxylation sites is 1. The predicted molar refractivity (Wildman–Crippen MR) is 103 cm³/mol. The zero-order chi connectivity index (χ0) is 19.1. The summed E-state index contributed by atoms with van der Waals surface area (Å²) in [6.07, 6.45) is 0.293. The van der Waals surface area contributed by atoms with Gasteiger partial charge < -0.3 is 19.3 Å². The highest BCUT2D eigenvalue weighted by Gasteiger charge is 2.19. The molecule has 1 aliphatic heterocycles. The first kappa shape index (κ1) is 18.9. The van der Waals surface area contributed by atoms with Crippen molar-refractivity contribution in [3.05, 3.63) is 54.6 Å². The summed E-state index contributed by atoms with van der Waals surface area (Å²) < 4.78 is 11.0. The van der Waals surface area contributed by atoms with E-state index in [9.17, 15) is 9.59 Å². The average Bonchev–Trinajstić information content (AvgIpc) is 2.70. The van der Waals surface area contributed by atoms with Gasteiger partial charge in [0.15, 0.2) is 0 Å². The Morgan fingerprint density at radius 1 is 1.00 bits per heavy atom. The monoisotopic (exact) mass is 368 g/mol. The van der Waals surface area contributed by atoms with Gasteiger partial charge in [-0.2, -0.15) is 0 Å². The van der Waals surface area contributed by atoms with E-state index in [0.717, 1.165) is 11.4 Å². The second-order valence-corrected chi connectivity index (χ2v) is 6.32. The molecule has 1 fully saturated rings. The molecule has 0 aliphatic carbocycles. The van der Waals surface area contributed by atoms with Crippen molar-refractivity contribution in [1.82, 2.24) is 4.90 Å². The third-order valence-corrected chi connectivity index (χ3v) is 4.42. The first-order valence-corrected chi connectivity index (χ1v) is 9.10. The summed E-state index contributed by atoms with van der Waals surface area (Å²) in [6.45, 7) is 4.24. The molecule has 0 atom stereocenters. The smallest absolute Gasteiger partial charge is 0.224 e. The quantitative estimate of drug-likeness (QED) is 0.786. The van der Waals surface area contributed by atoms with E-state index in [1.54, 1.807) is 9.80 Å². The van der Waals surface area contributed by atoms with E-state index >= 15 is 0 Å². The van der Waals surface area contributed by atoms with E-state index in [2.05, 4.69) is 0 Å². The molecule has 2 aromatic carbocycles. The molecule has 0 N–H and O–H groups in total. The third kappa shape index (κ3) is 5.31. The fourth-order valence-corrected chi connectivity index (χ4v) is 2.97. The summed E-state index contributed by atoms with van der Waals surface area (Å²) in [5, 5.41) is 0. The molecule has 0 unspecified atom stereocenters. The molecule has 3 rings (SSSR count). The first-order valence-electron chi connectivity index (χ1n) is 9.10. The van der Waals surface area contributed by atoms with Crippen LogP contribution in [0.25, 0.3) is 0 Å². The van der Waals surface area contributed by atoms with Crippen molar-refractivity contribution < 1.29 is 19.1 Å². The second-order valence-electron chi connectivity index (χ2n) is 6.32. The van der Waals surface area contributed by atoms with Crippen molar-refractivity contribution >= 4 is 17.5 Å². The van der Waals surface area contributed by atoms with Gasteiger partial charge in [0.2, 0.25) is 11.8 Å². The Hall–Kier alpha value is -2.86. The van der Waals surface area contributed by atoms with Crippen LogP contribution in [0.1, 0.15) is 13.3 Å². The number of rotatable bonds is 6. The summed E-state index contributed by atoms with van der Waals surface area (Å²) in [7, 11) is 0. The van der Waals surface area contributed by atoms with E-state index < -0.39 is 0 Å². The minimum atomic E-state index is -0.0958. The lowest BCUT2D eigenvalue weighted by Gasteiger charge is -2.28. The van der Waals surface area contributed by atoms with Crippen molar-refractivity contribution in [3.63, 3.8) is 0 Å². The maximum absolute atomic E-state index is 12.3. The molecule has 142 valence electrons. The van der Waals surface area contributed by atoms with Crippen LogP contribution in [0.15, 0.2) is 54.6 Å². The summed E-state index contributed by atoms with van der Waals surface area (Å²) >= 11 is 0. The van der Waals surface area contributed by atoms with Gasteiger partial charge in [0.25, 0.3) is 0 Å². The number of carbonyl (C=O) groups is 2. The van der Waals surface area contributed by atoms with E-state index in [0.29, 0.717) is 45.0 Å². The zero-order valence-electron chi connectivity index (χ0n) is 15.5. The van der Waals surface area contributed by atoms with Gasteiger partial charge in [0, 0.05) is 38.7 Å². The predicted octanol–water partition coefficient (Wildman–Crippen LogP) is 3.08. The summed E-state index contributed by atoms with van der Waals surface area (Å²) in [4.78, 5) is 27.8. The standard InChI is InChI=1S/C21H24N2O4/c1-17(24)23(12-11-21(25)22-13-15-26-16-14-22)18-7-9-20(10-8-18)27-19-5-3-2-4-6-19/h2-10H,11-16H2,1H3. The van der Waals surface area contributed by atoms with Crippen molar-refractivity contribution in [1.29, 1.82) is 0 Å². The molecule has 0 spiro atoms. The zero-order valence-corrected chi connectivity index (χ0v) is 15.5. The van der Waals surface area contributed by atoms with Gasteiger partial charge >= 0.3 is 0 Å². The molecule has 0 radical (unpaired) electrons. The maximum Gasteiger partial charge on any atom is 0.224 e. The van der Waals surface area contributed by atoms with Crippen LogP contribution in [0.2, 0.25) is 0 Å². The minimum absolute atomic E-state index is 0.0496. The number of hydrogen-bond donors (Lipinski definition) is 0. The van der Waals surface area contributed by atoms with Crippen molar-refractivity contribution in [2.75, 3.05) is 37.7 Å². The van der Waals surface area contributed by atoms with Gasteiger partial charge in [-0.05, 0) is 36.4 Å². The van der Waals surface area contributed by atoms with Gasteiger partial charge in [-0.15, -0.1) is 0 Å². The van der Waals surface area contributed by atoms with Gasteiger partial charge in [-0.1, -0.05) is 18.2 Å². The molecule has 2 aromatic rings. The molecular weight excluding hydrogens is 344 g/mol. The molecule has 6 nitrogen and oxygen atoms in total. The van der Waals surface area contributed by atoms with Crippen LogP contribution in [-0.4, -0.2) is 49.6 Å². The fraction of sp³-hybridized carbons (Fsp3) is 0.333. The highest BCUT2D eigenvalue weighted by atomic mass is 16.5. The number of ether oxygens (including phenoxy) is 2. The van der Waals surface area contributed by atoms with E-state index in [1.165, 1.54) is 6.92 Å². The normalized spacial score (nSPS) is 13.9. The summed E-state index contributed by atoms with van der Waals surface area (Å²) in [5.41, 5.74) is 0.748. The first-order chi connectivity index (χ1) is 13.1. The molecular formula is C21H24N2O4. The van der Waals surface area contributed by atoms with Crippen molar-refractivity contribution in [3.8, 4) is 11.5 Å². The highest BCUT2D eigenvalue weighted by Crippen LogP contribution is 2.24. The number of nitrogens with zero attached hydrogens (tertiary/aromatic N) is 2. The topological polar surface area (TPSA) is 59.1 Å².